The van der Waals surface area contributed by atoms with Gasteiger partial charge >= 0.3 is 6.18 Å². The highest BCUT2D eigenvalue weighted by Crippen LogP contribution is 2.53. The monoisotopic (exact) mass is 348 g/mol. The van der Waals surface area contributed by atoms with E-state index < -0.39 is 29.8 Å². The first-order chi connectivity index (χ1) is 11.8. The summed E-state index contributed by atoms with van der Waals surface area (Å²) in [4.78, 5) is 13.8. The van der Waals surface area contributed by atoms with Crippen molar-refractivity contribution in [1.82, 2.24) is 5.32 Å². The Morgan fingerprint density at radius 2 is 1.68 bits per heavy atom. The van der Waals surface area contributed by atoms with Crippen LogP contribution in [0, 0.1) is 0 Å². The first-order valence-electron chi connectivity index (χ1n) is 7.82. The van der Waals surface area contributed by atoms with Crippen LogP contribution >= 0.6 is 0 Å². The third-order valence-corrected chi connectivity index (χ3v) is 4.97. The van der Waals surface area contributed by atoms with Gasteiger partial charge in [0.25, 0.3) is 5.91 Å². The van der Waals surface area contributed by atoms with Crippen molar-refractivity contribution in [2.45, 2.75) is 30.4 Å². The number of anilines is 1. The van der Waals surface area contributed by atoms with Gasteiger partial charge in [-0.2, -0.15) is 13.2 Å². The molecule has 0 aromatic heterocycles. The van der Waals surface area contributed by atoms with Crippen LogP contribution in [-0.4, -0.2) is 22.8 Å². The van der Waals surface area contributed by atoms with Crippen LogP contribution in [0.4, 0.5) is 18.9 Å². The van der Waals surface area contributed by atoms with Gasteiger partial charge in [0, 0.05) is 13.0 Å². The molecule has 4 rings (SSSR count). The molecule has 0 saturated carbocycles. The molecule has 2 heterocycles. The van der Waals surface area contributed by atoms with E-state index in [-0.39, 0.29) is 0 Å². The molecular formula is C18H15F3N2O2. The number of amides is 1. The van der Waals surface area contributed by atoms with E-state index in [4.69, 9.17) is 0 Å². The van der Waals surface area contributed by atoms with E-state index in [2.05, 4.69) is 5.32 Å². The summed E-state index contributed by atoms with van der Waals surface area (Å²) < 4.78 is 40.7. The summed E-state index contributed by atoms with van der Waals surface area (Å²) >= 11 is 0. The number of para-hydroxylation sites is 1. The lowest BCUT2D eigenvalue weighted by Crippen LogP contribution is -2.57. The van der Waals surface area contributed by atoms with E-state index in [1.807, 2.05) is 0 Å². The number of benzene rings is 2. The number of rotatable bonds is 1. The highest BCUT2D eigenvalue weighted by molar-refractivity contribution is 6.05. The molecule has 1 fully saturated rings. The van der Waals surface area contributed by atoms with Crippen molar-refractivity contribution in [3.8, 4) is 0 Å². The molecule has 2 N–H and O–H groups in total. The number of hydrogen-bond acceptors (Lipinski definition) is 3. The average Bonchev–Trinajstić information content (AvgIpc) is 2.85. The number of hydrogen-bond donors (Lipinski definition) is 2. The number of fused-ring (bicyclic) bond motifs is 3. The first kappa shape index (κ1) is 16.1. The Labute approximate surface area is 141 Å². The predicted octanol–water partition coefficient (Wildman–Crippen LogP) is 2.67. The van der Waals surface area contributed by atoms with Crippen molar-refractivity contribution in [1.29, 1.82) is 0 Å². The van der Waals surface area contributed by atoms with Gasteiger partial charge in [-0.1, -0.05) is 48.5 Å². The quantitative estimate of drug-likeness (QED) is 0.833. The van der Waals surface area contributed by atoms with Gasteiger partial charge in [0.05, 0.1) is 5.69 Å². The van der Waals surface area contributed by atoms with Crippen LogP contribution in [-0.2, 0) is 17.0 Å². The van der Waals surface area contributed by atoms with Crippen LogP contribution in [0.1, 0.15) is 17.5 Å². The lowest BCUT2D eigenvalue weighted by Gasteiger charge is -2.44. The first-order valence-corrected chi connectivity index (χ1v) is 7.82. The van der Waals surface area contributed by atoms with Gasteiger partial charge in [0.15, 0.2) is 0 Å². The van der Waals surface area contributed by atoms with E-state index in [0.717, 1.165) is 4.90 Å². The Kier molecular flexibility index (Phi) is 3.26. The molecule has 2 aliphatic rings. The molecule has 0 aliphatic carbocycles. The lowest BCUT2D eigenvalue weighted by atomic mass is 9.88. The second-order valence-electron chi connectivity index (χ2n) is 6.38. The summed E-state index contributed by atoms with van der Waals surface area (Å²) in [6.45, 7) is 0.294. The maximum absolute atomic E-state index is 13.6. The summed E-state index contributed by atoms with van der Waals surface area (Å²) in [5, 5.41) is 13.4. The van der Waals surface area contributed by atoms with E-state index in [1.165, 1.54) is 0 Å². The van der Waals surface area contributed by atoms with Crippen molar-refractivity contribution in [3.05, 3.63) is 65.7 Å². The minimum Gasteiger partial charge on any atom is -0.372 e. The Balaban J connectivity index is 1.97. The van der Waals surface area contributed by atoms with Crippen LogP contribution in [0.3, 0.4) is 0 Å². The van der Waals surface area contributed by atoms with Gasteiger partial charge in [0.2, 0.25) is 5.60 Å². The highest BCUT2D eigenvalue weighted by Gasteiger charge is 2.72. The molecular weight excluding hydrogens is 333 g/mol. The predicted molar refractivity (Wildman–Crippen MR) is 84.5 cm³/mol. The molecule has 4 nitrogen and oxygen atoms in total. The third-order valence-electron chi connectivity index (χ3n) is 4.97. The minimum absolute atomic E-state index is 0.294. The van der Waals surface area contributed by atoms with Crippen LogP contribution in [0.25, 0.3) is 0 Å². The van der Waals surface area contributed by atoms with Crippen molar-refractivity contribution in [3.63, 3.8) is 0 Å². The van der Waals surface area contributed by atoms with Crippen molar-refractivity contribution in [2.75, 3.05) is 4.90 Å². The number of alkyl halides is 3. The molecule has 2 aromatic rings. The Hall–Kier alpha value is -2.38. The minimum atomic E-state index is -5.07. The number of nitrogens with zero attached hydrogens (tertiary/aromatic N) is 1. The third kappa shape index (κ3) is 2.06. The van der Waals surface area contributed by atoms with E-state index in [9.17, 15) is 23.1 Å². The Morgan fingerprint density at radius 1 is 1.04 bits per heavy atom. The maximum Gasteiger partial charge on any atom is 0.426 e. The molecule has 130 valence electrons. The zero-order valence-corrected chi connectivity index (χ0v) is 13.0. The standard InChI is InChI=1S/C18H15F3N2O2/c19-18(20,21)16(25)11-17(13-7-2-1-3-8-13)22-10-12-6-4-5-9-14(12)23(17)15(16)24/h1-9,22,25H,10-11H2/t16-,17-/m0/s1. The SMILES string of the molecule is O=C1N2c3ccccc3CN[C@@]2(c2ccccc2)C[C@@]1(O)C(F)(F)F. The zero-order chi connectivity index (χ0) is 17.9. The topological polar surface area (TPSA) is 52.6 Å². The Morgan fingerprint density at radius 3 is 2.36 bits per heavy atom. The van der Waals surface area contributed by atoms with Gasteiger partial charge in [-0.25, -0.2) is 0 Å². The molecule has 2 aliphatic heterocycles. The van der Waals surface area contributed by atoms with Crippen LogP contribution in [0.15, 0.2) is 54.6 Å². The molecule has 7 heteroatoms. The van der Waals surface area contributed by atoms with E-state index in [0.29, 0.717) is 23.4 Å². The normalized spacial score (nSPS) is 28.6. The fourth-order valence-electron chi connectivity index (χ4n) is 3.73. The van der Waals surface area contributed by atoms with Crippen molar-refractivity contribution < 1.29 is 23.1 Å². The maximum atomic E-state index is 13.6. The van der Waals surface area contributed by atoms with E-state index in [1.54, 1.807) is 54.6 Å². The van der Waals surface area contributed by atoms with Crippen LogP contribution < -0.4 is 10.2 Å². The second kappa shape index (κ2) is 5.06. The second-order valence-corrected chi connectivity index (χ2v) is 6.38. The summed E-state index contributed by atoms with van der Waals surface area (Å²) in [6, 6.07) is 15.2. The van der Waals surface area contributed by atoms with Crippen molar-refractivity contribution >= 4 is 11.6 Å². The van der Waals surface area contributed by atoms with Crippen LogP contribution in [0.5, 0.6) is 0 Å². The summed E-state index contributed by atoms with van der Waals surface area (Å²) in [7, 11) is 0. The average molecular weight is 348 g/mol. The molecule has 0 radical (unpaired) electrons. The fourth-order valence-corrected chi connectivity index (χ4v) is 3.73. The number of nitrogens with one attached hydrogen (secondary N) is 1. The number of carbonyl (C=O) groups is 1. The van der Waals surface area contributed by atoms with Gasteiger partial charge < -0.3 is 5.11 Å². The molecule has 1 saturated heterocycles. The molecule has 25 heavy (non-hydrogen) atoms. The summed E-state index contributed by atoms with van der Waals surface area (Å²) in [5.41, 5.74) is -3.30. The largest absolute Gasteiger partial charge is 0.426 e. The number of carbonyl (C=O) groups excluding carboxylic acids is 1. The number of halogens is 3. The summed E-state index contributed by atoms with van der Waals surface area (Å²) in [5.74, 6) is -1.36. The summed E-state index contributed by atoms with van der Waals surface area (Å²) in [6.07, 6.45) is -5.87. The zero-order valence-electron chi connectivity index (χ0n) is 13.0. The lowest BCUT2D eigenvalue weighted by molar-refractivity contribution is -0.248. The highest BCUT2D eigenvalue weighted by atomic mass is 19.4. The van der Waals surface area contributed by atoms with Gasteiger partial charge in [-0.05, 0) is 17.2 Å². The molecule has 0 spiro atoms. The Bertz CT molecular complexity index is 840. The van der Waals surface area contributed by atoms with Crippen LogP contribution in [0.2, 0.25) is 0 Å². The molecule has 2 atom stereocenters. The van der Waals surface area contributed by atoms with E-state index >= 15 is 0 Å². The van der Waals surface area contributed by atoms with Gasteiger partial charge in [-0.3, -0.25) is 15.0 Å². The molecule has 1 amide bonds. The van der Waals surface area contributed by atoms with Crippen molar-refractivity contribution in [2.24, 2.45) is 0 Å². The smallest absolute Gasteiger partial charge is 0.372 e. The molecule has 2 aromatic carbocycles. The molecule has 0 unspecified atom stereocenters. The van der Waals surface area contributed by atoms with Gasteiger partial charge in [-0.15, -0.1) is 0 Å². The molecule has 0 bridgehead atoms. The fraction of sp³-hybridized carbons (Fsp3) is 0.278. The number of aliphatic hydroxyl groups is 1. The van der Waals surface area contributed by atoms with Gasteiger partial charge in [0.1, 0.15) is 5.66 Å².